The van der Waals surface area contributed by atoms with Crippen LogP contribution in [0.2, 0.25) is 0 Å². The Morgan fingerprint density at radius 2 is 1.22 bits per heavy atom. The molecule has 0 saturated carbocycles. The van der Waals surface area contributed by atoms with Crippen molar-refractivity contribution >= 4 is 0 Å². The molecule has 0 bridgehead atoms. The summed E-state index contributed by atoms with van der Waals surface area (Å²) in [6.45, 7) is 20.1. The molecule has 0 N–H and O–H groups in total. The lowest BCUT2D eigenvalue weighted by molar-refractivity contribution is 0.363. The van der Waals surface area contributed by atoms with Crippen LogP contribution in [0.3, 0.4) is 0 Å². The molecule has 108 valence electrons. The summed E-state index contributed by atoms with van der Waals surface area (Å²) in [5.41, 5.74) is 0. The molecule has 0 aliphatic carbocycles. The topological polar surface area (TPSA) is 9.23 Å². The van der Waals surface area contributed by atoms with Gasteiger partial charge in [0.2, 0.25) is 0 Å². The first-order chi connectivity index (χ1) is 8.93. The van der Waals surface area contributed by atoms with Crippen molar-refractivity contribution in [3.63, 3.8) is 0 Å². The zero-order valence-corrected chi connectivity index (χ0v) is 13.8. The van der Waals surface area contributed by atoms with Gasteiger partial charge < -0.3 is 4.74 Å². The third kappa shape index (κ3) is 24.1. The van der Waals surface area contributed by atoms with E-state index >= 15 is 0 Å². The highest BCUT2D eigenvalue weighted by molar-refractivity contribution is 5.20. The van der Waals surface area contributed by atoms with Gasteiger partial charge >= 0.3 is 0 Å². The Hall–Kier alpha value is -1.24. The van der Waals surface area contributed by atoms with Crippen LogP contribution in [0.25, 0.3) is 0 Å². The van der Waals surface area contributed by atoms with E-state index in [-0.39, 0.29) is 0 Å². The van der Waals surface area contributed by atoms with Crippen molar-refractivity contribution in [1.82, 2.24) is 0 Å². The summed E-state index contributed by atoms with van der Waals surface area (Å²) >= 11 is 0. The van der Waals surface area contributed by atoms with Gasteiger partial charge in [-0.3, -0.25) is 0 Å². The van der Waals surface area contributed by atoms with Crippen molar-refractivity contribution in [2.75, 3.05) is 6.61 Å². The third-order valence-electron chi connectivity index (χ3n) is 1.11. The van der Waals surface area contributed by atoms with Crippen molar-refractivity contribution in [1.29, 1.82) is 0 Å². The minimum absolute atomic E-state index is 0.573. The molecule has 1 rings (SSSR count). The second-order valence-corrected chi connectivity index (χ2v) is 1.91. The van der Waals surface area contributed by atoms with Crippen molar-refractivity contribution in [3.05, 3.63) is 43.0 Å². The molecule has 0 aromatic heterocycles. The Bertz CT molecular complexity index is 192. The average Bonchev–Trinajstić information content (AvgIpc) is 2.54. The molecule has 0 fully saturated rings. The lowest BCUT2D eigenvalue weighted by Gasteiger charge is -1.99. The van der Waals surface area contributed by atoms with Gasteiger partial charge in [0.1, 0.15) is 12.4 Å². The maximum absolute atomic E-state index is 5.24. The number of para-hydroxylation sites is 1. The number of ether oxygens (including phenoxy) is 1. The van der Waals surface area contributed by atoms with Gasteiger partial charge in [-0.25, -0.2) is 0 Å². The van der Waals surface area contributed by atoms with E-state index in [1.807, 2.05) is 85.7 Å². The second-order valence-electron chi connectivity index (χ2n) is 1.91. The zero-order chi connectivity index (χ0) is 15.2. The van der Waals surface area contributed by atoms with E-state index in [4.69, 9.17) is 4.74 Å². The molecule has 0 spiro atoms. The summed E-state index contributed by atoms with van der Waals surface area (Å²) in [4.78, 5) is 0. The minimum atomic E-state index is 0.573. The number of rotatable bonds is 3. The molecular formula is C17H34O. The molecule has 1 aromatic carbocycles. The van der Waals surface area contributed by atoms with Crippen LogP contribution in [-0.2, 0) is 0 Å². The Labute approximate surface area is 116 Å². The highest BCUT2D eigenvalue weighted by Crippen LogP contribution is 2.07. The van der Waals surface area contributed by atoms with Crippen LogP contribution in [0.1, 0.15) is 55.4 Å². The quantitative estimate of drug-likeness (QED) is 0.570. The molecule has 0 amide bonds. The molecule has 0 aliphatic rings. The smallest absolute Gasteiger partial charge is 0.119 e. The van der Waals surface area contributed by atoms with Crippen LogP contribution in [0.5, 0.6) is 5.75 Å². The van der Waals surface area contributed by atoms with E-state index in [1.54, 1.807) is 6.08 Å². The van der Waals surface area contributed by atoms with E-state index in [0.717, 1.165) is 5.75 Å². The molecule has 1 nitrogen and oxygen atoms in total. The monoisotopic (exact) mass is 254 g/mol. The average molecular weight is 254 g/mol. The van der Waals surface area contributed by atoms with Crippen LogP contribution in [-0.4, -0.2) is 6.61 Å². The molecule has 0 heterocycles. The summed E-state index contributed by atoms with van der Waals surface area (Å²) in [5.74, 6) is 0.891. The van der Waals surface area contributed by atoms with E-state index in [9.17, 15) is 0 Å². The van der Waals surface area contributed by atoms with Gasteiger partial charge in [-0.05, 0) is 12.1 Å². The van der Waals surface area contributed by atoms with Gasteiger partial charge in [0, 0.05) is 0 Å². The Morgan fingerprint density at radius 3 is 1.56 bits per heavy atom. The Morgan fingerprint density at radius 1 is 0.833 bits per heavy atom. The van der Waals surface area contributed by atoms with E-state index < -0.39 is 0 Å². The highest BCUT2D eigenvalue weighted by Gasteiger charge is 1.84. The Balaban J connectivity index is -0.000000105. The molecule has 1 aromatic rings. The standard InChI is InChI=1S/C9H10O.4C2H6/c1-2-8-10-9-6-4-3-5-7-9;4*1-2/h2-7H,1,8H2;4*1-2H3. The Kier molecular flexibility index (Phi) is 51.2. The van der Waals surface area contributed by atoms with E-state index in [2.05, 4.69) is 6.58 Å². The largest absolute Gasteiger partial charge is 0.490 e. The number of hydrogen-bond acceptors (Lipinski definition) is 1. The fourth-order valence-electron chi connectivity index (χ4n) is 0.672. The molecule has 18 heavy (non-hydrogen) atoms. The fraction of sp³-hybridized carbons (Fsp3) is 0.529. The number of hydrogen-bond donors (Lipinski definition) is 0. The van der Waals surface area contributed by atoms with Gasteiger partial charge in [-0.1, -0.05) is 86.2 Å². The molecule has 0 saturated heterocycles. The predicted octanol–water partition coefficient (Wildman–Crippen LogP) is 6.36. The zero-order valence-electron chi connectivity index (χ0n) is 13.8. The SMILES string of the molecule is C=CCOc1ccccc1.CC.CC.CC.CC. The molecular weight excluding hydrogens is 220 g/mol. The van der Waals surface area contributed by atoms with Crippen molar-refractivity contribution in [2.45, 2.75) is 55.4 Å². The fourth-order valence-corrected chi connectivity index (χ4v) is 0.672. The molecule has 0 aliphatic heterocycles. The normalized spacial score (nSPS) is 6.22. The molecule has 0 unspecified atom stereocenters. The first-order valence-corrected chi connectivity index (χ1v) is 7.22. The summed E-state index contributed by atoms with van der Waals surface area (Å²) < 4.78 is 5.24. The summed E-state index contributed by atoms with van der Waals surface area (Å²) in [7, 11) is 0. The maximum atomic E-state index is 5.24. The summed E-state index contributed by atoms with van der Waals surface area (Å²) in [5, 5.41) is 0. The van der Waals surface area contributed by atoms with E-state index in [0.29, 0.717) is 6.61 Å². The van der Waals surface area contributed by atoms with Gasteiger partial charge in [-0.2, -0.15) is 0 Å². The third-order valence-corrected chi connectivity index (χ3v) is 1.11. The van der Waals surface area contributed by atoms with Crippen LogP contribution < -0.4 is 4.74 Å². The first kappa shape index (κ1) is 25.6. The van der Waals surface area contributed by atoms with E-state index in [1.165, 1.54) is 0 Å². The predicted molar refractivity (Wildman–Crippen MR) is 87.5 cm³/mol. The highest BCUT2D eigenvalue weighted by atomic mass is 16.5. The molecule has 0 atom stereocenters. The summed E-state index contributed by atoms with van der Waals surface area (Å²) in [6.07, 6.45) is 1.73. The van der Waals surface area contributed by atoms with Gasteiger partial charge in [0.05, 0.1) is 0 Å². The minimum Gasteiger partial charge on any atom is -0.490 e. The molecule has 1 heteroatoms. The first-order valence-electron chi connectivity index (χ1n) is 7.22. The molecule has 0 radical (unpaired) electrons. The van der Waals surface area contributed by atoms with Crippen LogP contribution in [0, 0.1) is 0 Å². The van der Waals surface area contributed by atoms with Gasteiger partial charge in [0.25, 0.3) is 0 Å². The van der Waals surface area contributed by atoms with Gasteiger partial charge in [-0.15, -0.1) is 0 Å². The maximum Gasteiger partial charge on any atom is 0.119 e. The van der Waals surface area contributed by atoms with Crippen LogP contribution in [0.15, 0.2) is 43.0 Å². The second kappa shape index (κ2) is 36.0. The lowest BCUT2D eigenvalue weighted by atomic mass is 10.3. The van der Waals surface area contributed by atoms with Gasteiger partial charge in [0.15, 0.2) is 0 Å². The lowest BCUT2D eigenvalue weighted by Crippen LogP contribution is -1.91. The summed E-state index contributed by atoms with van der Waals surface area (Å²) in [6, 6.07) is 9.69. The van der Waals surface area contributed by atoms with Crippen molar-refractivity contribution in [3.8, 4) is 5.75 Å². The van der Waals surface area contributed by atoms with Crippen LogP contribution in [0.4, 0.5) is 0 Å². The van der Waals surface area contributed by atoms with Crippen molar-refractivity contribution < 1.29 is 4.74 Å². The van der Waals surface area contributed by atoms with Crippen molar-refractivity contribution in [2.24, 2.45) is 0 Å². The number of benzene rings is 1. The van der Waals surface area contributed by atoms with Crippen LogP contribution >= 0.6 is 0 Å².